The maximum Gasteiger partial charge on any atom is 0.253 e. The molecule has 0 atom stereocenters. The van der Waals surface area contributed by atoms with Crippen LogP contribution in [0.25, 0.3) is 10.9 Å². The second-order valence-corrected chi connectivity index (χ2v) is 7.64. The molecule has 2 aromatic rings. The van der Waals surface area contributed by atoms with Gasteiger partial charge in [0.1, 0.15) is 0 Å². The summed E-state index contributed by atoms with van der Waals surface area (Å²) in [6.07, 6.45) is 3.16. The van der Waals surface area contributed by atoms with Crippen molar-refractivity contribution in [1.82, 2.24) is 13.8 Å². The highest BCUT2D eigenvalue weighted by Gasteiger charge is 2.26. The van der Waals surface area contributed by atoms with Crippen LogP contribution in [0.4, 0.5) is 0 Å². The van der Waals surface area contributed by atoms with E-state index >= 15 is 0 Å². The Labute approximate surface area is 130 Å². The number of hydrogen-bond donors (Lipinski definition) is 0. The minimum absolute atomic E-state index is 0.0427. The first-order valence-corrected chi connectivity index (χ1v) is 9.00. The number of rotatable bonds is 2. The molecule has 1 aromatic heterocycles. The quantitative estimate of drug-likeness (QED) is 0.825. The highest BCUT2D eigenvalue weighted by Crippen LogP contribution is 2.18. The van der Waals surface area contributed by atoms with Gasteiger partial charge in [0, 0.05) is 55.9 Å². The fraction of sp³-hybridized carbons (Fsp3) is 0.400. The predicted molar refractivity (Wildman–Crippen MR) is 85.2 cm³/mol. The molecule has 0 saturated carbocycles. The Balaban J connectivity index is 1.76. The number of sulfonamides is 1. The van der Waals surface area contributed by atoms with E-state index in [1.807, 2.05) is 42.1 Å². The topological polar surface area (TPSA) is 62.6 Å². The fourth-order valence-electron chi connectivity index (χ4n) is 2.82. The Hall–Kier alpha value is -1.86. The van der Waals surface area contributed by atoms with Crippen molar-refractivity contribution in [2.75, 3.05) is 32.4 Å². The molecular formula is C15H19N3O3S. The lowest BCUT2D eigenvalue weighted by Gasteiger charge is -2.33. The molecule has 22 heavy (non-hydrogen) atoms. The highest BCUT2D eigenvalue weighted by molar-refractivity contribution is 7.88. The number of nitrogens with zero attached hydrogens (tertiary/aromatic N) is 3. The maximum absolute atomic E-state index is 12.6. The lowest BCUT2D eigenvalue weighted by atomic mass is 10.1. The standard InChI is InChI=1S/C15H19N3O3S/c1-16-6-5-12-11-13(3-4-14(12)16)15(19)17-7-9-18(10-8-17)22(2,20)21/h3-6,11H,7-10H2,1-2H3. The van der Waals surface area contributed by atoms with Gasteiger partial charge in [0.05, 0.1) is 6.26 Å². The van der Waals surface area contributed by atoms with Crippen molar-refractivity contribution < 1.29 is 13.2 Å². The molecule has 1 aliphatic heterocycles. The van der Waals surface area contributed by atoms with Crippen LogP contribution < -0.4 is 0 Å². The van der Waals surface area contributed by atoms with Crippen LogP contribution in [0.3, 0.4) is 0 Å². The van der Waals surface area contributed by atoms with Gasteiger partial charge < -0.3 is 9.47 Å². The molecule has 0 unspecified atom stereocenters. The summed E-state index contributed by atoms with van der Waals surface area (Å²) in [5.74, 6) is -0.0427. The van der Waals surface area contributed by atoms with Crippen LogP contribution in [0.5, 0.6) is 0 Å². The van der Waals surface area contributed by atoms with Crippen molar-refractivity contribution >= 4 is 26.8 Å². The second kappa shape index (κ2) is 5.40. The summed E-state index contributed by atoms with van der Waals surface area (Å²) in [6.45, 7) is 1.58. The highest BCUT2D eigenvalue weighted by atomic mass is 32.2. The van der Waals surface area contributed by atoms with Crippen LogP contribution in [0.2, 0.25) is 0 Å². The van der Waals surface area contributed by atoms with Crippen molar-refractivity contribution in [1.29, 1.82) is 0 Å². The molecule has 1 aromatic carbocycles. The third kappa shape index (κ3) is 2.74. The van der Waals surface area contributed by atoms with Crippen LogP contribution >= 0.6 is 0 Å². The summed E-state index contributed by atoms with van der Waals surface area (Å²) in [5, 5.41) is 1.03. The summed E-state index contributed by atoms with van der Waals surface area (Å²) < 4.78 is 26.4. The van der Waals surface area contributed by atoms with Gasteiger partial charge >= 0.3 is 0 Å². The van der Waals surface area contributed by atoms with E-state index in [4.69, 9.17) is 0 Å². The number of benzene rings is 1. The molecule has 1 fully saturated rings. The summed E-state index contributed by atoms with van der Waals surface area (Å²) >= 11 is 0. The number of fused-ring (bicyclic) bond motifs is 1. The van der Waals surface area contributed by atoms with Gasteiger partial charge in [-0.1, -0.05) is 0 Å². The van der Waals surface area contributed by atoms with Gasteiger partial charge in [0.2, 0.25) is 10.0 Å². The molecule has 0 N–H and O–H groups in total. The van der Waals surface area contributed by atoms with E-state index in [1.54, 1.807) is 4.90 Å². The van der Waals surface area contributed by atoms with Crippen molar-refractivity contribution in [2.45, 2.75) is 0 Å². The van der Waals surface area contributed by atoms with Gasteiger partial charge in [-0.3, -0.25) is 4.79 Å². The second-order valence-electron chi connectivity index (χ2n) is 5.65. The molecule has 0 bridgehead atoms. The first-order valence-electron chi connectivity index (χ1n) is 7.16. The van der Waals surface area contributed by atoms with Gasteiger partial charge in [0.25, 0.3) is 5.91 Å². The van der Waals surface area contributed by atoms with E-state index in [2.05, 4.69) is 0 Å². The van der Waals surface area contributed by atoms with Gasteiger partial charge in [-0.25, -0.2) is 8.42 Å². The molecule has 1 amide bonds. The number of carbonyl (C=O) groups is 1. The minimum Gasteiger partial charge on any atom is -0.351 e. The summed E-state index contributed by atoms with van der Waals surface area (Å²) in [7, 11) is -1.21. The maximum atomic E-state index is 12.6. The average molecular weight is 321 g/mol. The Bertz CT molecular complexity index is 818. The normalized spacial score (nSPS) is 17.1. The van der Waals surface area contributed by atoms with Gasteiger partial charge in [-0.05, 0) is 24.3 Å². The minimum atomic E-state index is -3.17. The number of carbonyl (C=O) groups excluding carboxylic acids is 1. The van der Waals surface area contributed by atoms with Crippen LogP contribution in [-0.2, 0) is 17.1 Å². The molecule has 0 aliphatic carbocycles. The largest absolute Gasteiger partial charge is 0.351 e. The average Bonchev–Trinajstić information content (AvgIpc) is 2.87. The third-order valence-electron chi connectivity index (χ3n) is 4.13. The predicted octanol–water partition coefficient (Wildman–Crippen LogP) is 0.896. The van der Waals surface area contributed by atoms with E-state index in [0.717, 1.165) is 10.9 Å². The van der Waals surface area contributed by atoms with Gasteiger partial charge in [-0.15, -0.1) is 0 Å². The molecule has 0 radical (unpaired) electrons. The molecule has 3 rings (SSSR count). The van der Waals surface area contributed by atoms with Crippen LogP contribution in [-0.4, -0.2) is 60.5 Å². The number of piperazine rings is 1. The molecule has 0 spiro atoms. The van der Waals surface area contributed by atoms with E-state index in [-0.39, 0.29) is 5.91 Å². The zero-order chi connectivity index (χ0) is 15.9. The van der Waals surface area contributed by atoms with E-state index in [9.17, 15) is 13.2 Å². The van der Waals surface area contributed by atoms with Crippen LogP contribution in [0.15, 0.2) is 30.5 Å². The smallest absolute Gasteiger partial charge is 0.253 e. The van der Waals surface area contributed by atoms with E-state index in [1.165, 1.54) is 10.6 Å². The Morgan fingerprint density at radius 2 is 1.77 bits per heavy atom. The summed E-state index contributed by atoms with van der Waals surface area (Å²) in [5.41, 5.74) is 1.73. The summed E-state index contributed by atoms with van der Waals surface area (Å²) in [4.78, 5) is 14.3. The zero-order valence-electron chi connectivity index (χ0n) is 12.7. The van der Waals surface area contributed by atoms with E-state index < -0.39 is 10.0 Å². The van der Waals surface area contributed by atoms with E-state index in [0.29, 0.717) is 31.7 Å². The van der Waals surface area contributed by atoms with Crippen molar-refractivity contribution in [3.8, 4) is 0 Å². The summed E-state index contributed by atoms with van der Waals surface area (Å²) in [6, 6.07) is 7.64. The van der Waals surface area contributed by atoms with Gasteiger partial charge in [0.15, 0.2) is 0 Å². The number of aromatic nitrogens is 1. The van der Waals surface area contributed by atoms with Crippen LogP contribution in [0, 0.1) is 0 Å². The molecule has 118 valence electrons. The van der Waals surface area contributed by atoms with Crippen LogP contribution in [0.1, 0.15) is 10.4 Å². The monoisotopic (exact) mass is 321 g/mol. The van der Waals surface area contributed by atoms with Gasteiger partial charge in [-0.2, -0.15) is 4.31 Å². The lowest BCUT2D eigenvalue weighted by molar-refractivity contribution is 0.0698. The SMILES string of the molecule is Cn1ccc2cc(C(=O)N3CCN(S(C)(=O)=O)CC3)ccc21. The molecule has 1 saturated heterocycles. The fourth-order valence-corrected chi connectivity index (χ4v) is 3.65. The molecule has 7 heteroatoms. The third-order valence-corrected chi connectivity index (χ3v) is 5.43. The molecule has 6 nitrogen and oxygen atoms in total. The number of aryl methyl sites for hydroxylation is 1. The Kier molecular flexibility index (Phi) is 3.70. The first kappa shape index (κ1) is 15.1. The lowest BCUT2D eigenvalue weighted by Crippen LogP contribution is -2.50. The van der Waals surface area contributed by atoms with Crippen molar-refractivity contribution in [2.24, 2.45) is 7.05 Å². The Morgan fingerprint density at radius 3 is 2.41 bits per heavy atom. The zero-order valence-corrected chi connectivity index (χ0v) is 13.5. The van der Waals surface area contributed by atoms with Crippen molar-refractivity contribution in [3.63, 3.8) is 0 Å². The molecular weight excluding hydrogens is 302 g/mol. The number of hydrogen-bond acceptors (Lipinski definition) is 3. The first-order chi connectivity index (χ1) is 10.4. The molecule has 2 heterocycles. The number of amides is 1. The Morgan fingerprint density at radius 1 is 1.09 bits per heavy atom. The van der Waals surface area contributed by atoms with Crippen molar-refractivity contribution in [3.05, 3.63) is 36.0 Å². The molecule has 1 aliphatic rings.